The second-order valence-electron chi connectivity index (χ2n) is 3.26. The van der Waals surface area contributed by atoms with Crippen molar-refractivity contribution in [3.8, 4) is 0 Å². The minimum atomic E-state index is -0.603. The predicted octanol–water partition coefficient (Wildman–Crippen LogP) is 1.13. The van der Waals surface area contributed by atoms with Crippen LogP contribution in [0, 0.1) is 0 Å². The molecule has 1 N–H and O–H groups in total. The van der Waals surface area contributed by atoms with E-state index in [1.165, 1.54) is 12.3 Å². The summed E-state index contributed by atoms with van der Waals surface area (Å²) in [5, 5.41) is 0. The summed E-state index contributed by atoms with van der Waals surface area (Å²) < 4.78 is 1.65. The first-order valence-electron chi connectivity index (χ1n) is 4.64. The SMILES string of the molecule is O=C(Cn1ccc(=O)[nH]c1=O)c1ccc(Cl)s1. The van der Waals surface area contributed by atoms with Crippen LogP contribution in [-0.2, 0) is 6.54 Å². The number of Topliss-reactive ketones (excluding diaryl/α,β-unsaturated/α-hetero) is 1. The number of carbonyl (C=O) groups excluding carboxylic acids is 1. The van der Waals surface area contributed by atoms with Crippen LogP contribution in [0.2, 0.25) is 4.34 Å². The Balaban J connectivity index is 2.24. The Kier molecular flexibility index (Phi) is 3.26. The van der Waals surface area contributed by atoms with Gasteiger partial charge in [0, 0.05) is 12.3 Å². The molecule has 17 heavy (non-hydrogen) atoms. The minimum Gasteiger partial charge on any atom is -0.293 e. The summed E-state index contributed by atoms with van der Waals surface area (Å²) in [6, 6.07) is 4.41. The maximum absolute atomic E-state index is 11.8. The van der Waals surface area contributed by atoms with Gasteiger partial charge in [-0.2, -0.15) is 0 Å². The Morgan fingerprint density at radius 2 is 2.12 bits per heavy atom. The molecule has 0 saturated carbocycles. The van der Waals surface area contributed by atoms with Crippen LogP contribution in [0.15, 0.2) is 34.0 Å². The Hall–Kier alpha value is -1.66. The molecule has 0 spiro atoms. The first-order valence-corrected chi connectivity index (χ1v) is 5.84. The summed E-state index contributed by atoms with van der Waals surface area (Å²) in [5.41, 5.74) is -1.09. The number of H-pyrrole nitrogens is 1. The molecule has 2 heterocycles. The summed E-state index contributed by atoms with van der Waals surface area (Å²) >= 11 is 6.86. The first-order chi connectivity index (χ1) is 8.06. The van der Waals surface area contributed by atoms with Gasteiger partial charge in [-0.25, -0.2) is 4.79 Å². The van der Waals surface area contributed by atoms with Gasteiger partial charge < -0.3 is 0 Å². The zero-order valence-corrected chi connectivity index (χ0v) is 10.0. The molecular weight excluding hydrogens is 264 g/mol. The molecule has 0 aliphatic carbocycles. The predicted molar refractivity (Wildman–Crippen MR) is 65.0 cm³/mol. The summed E-state index contributed by atoms with van der Waals surface area (Å²) in [5.74, 6) is -0.226. The maximum Gasteiger partial charge on any atom is 0.328 e. The molecule has 0 aromatic carbocycles. The third-order valence-corrected chi connectivity index (χ3v) is 3.33. The monoisotopic (exact) mass is 270 g/mol. The number of thiophene rings is 1. The number of rotatable bonds is 3. The third kappa shape index (κ3) is 2.72. The van der Waals surface area contributed by atoms with Gasteiger partial charge >= 0.3 is 5.69 Å². The Morgan fingerprint density at radius 1 is 1.35 bits per heavy atom. The van der Waals surface area contributed by atoms with E-state index in [0.29, 0.717) is 9.21 Å². The zero-order valence-electron chi connectivity index (χ0n) is 8.47. The van der Waals surface area contributed by atoms with Gasteiger partial charge in [0.2, 0.25) is 0 Å². The number of carbonyl (C=O) groups is 1. The maximum atomic E-state index is 11.8. The minimum absolute atomic E-state index is 0.119. The molecule has 88 valence electrons. The van der Waals surface area contributed by atoms with Crippen LogP contribution in [-0.4, -0.2) is 15.3 Å². The van der Waals surface area contributed by atoms with Crippen molar-refractivity contribution in [2.24, 2.45) is 0 Å². The topological polar surface area (TPSA) is 71.9 Å². The second kappa shape index (κ2) is 4.68. The smallest absolute Gasteiger partial charge is 0.293 e. The third-order valence-electron chi connectivity index (χ3n) is 2.06. The van der Waals surface area contributed by atoms with E-state index in [9.17, 15) is 14.4 Å². The quantitative estimate of drug-likeness (QED) is 0.850. The van der Waals surface area contributed by atoms with E-state index in [1.807, 2.05) is 0 Å². The zero-order chi connectivity index (χ0) is 12.4. The average Bonchev–Trinajstić information content (AvgIpc) is 2.69. The highest BCUT2D eigenvalue weighted by Crippen LogP contribution is 2.21. The van der Waals surface area contributed by atoms with Gasteiger partial charge in [-0.15, -0.1) is 11.3 Å². The average molecular weight is 271 g/mol. The largest absolute Gasteiger partial charge is 0.328 e. The molecule has 0 bridgehead atoms. The van der Waals surface area contributed by atoms with Crippen LogP contribution in [0.25, 0.3) is 0 Å². The molecule has 0 aliphatic rings. The molecule has 0 aliphatic heterocycles. The molecule has 0 radical (unpaired) electrons. The summed E-state index contributed by atoms with van der Waals surface area (Å²) in [7, 11) is 0. The number of hydrogen-bond acceptors (Lipinski definition) is 4. The molecule has 5 nitrogen and oxygen atoms in total. The van der Waals surface area contributed by atoms with E-state index >= 15 is 0 Å². The van der Waals surface area contributed by atoms with Gasteiger partial charge in [-0.05, 0) is 12.1 Å². The van der Waals surface area contributed by atoms with Crippen molar-refractivity contribution in [2.75, 3.05) is 0 Å². The Labute approximate surface area is 104 Å². The summed E-state index contributed by atoms with van der Waals surface area (Å²) in [6.45, 7) is -0.119. The highest BCUT2D eigenvalue weighted by Gasteiger charge is 2.10. The van der Waals surface area contributed by atoms with E-state index < -0.39 is 11.2 Å². The number of nitrogens with zero attached hydrogens (tertiary/aromatic N) is 1. The first kappa shape index (κ1) is 11.8. The van der Waals surface area contributed by atoms with Crippen LogP contribution < -0.4 is 11.2 Å². The highest BCUT2D eigenvalue weighted by atomic mass is 35.5. The normalized spacial score (nSPS) is 10.4. The van der Waals surface area contributed by atoms with Gasteiger partial charge in [0.1, 0.15) is 0 Å². The van der Waals surface area contributed by atoms with Crippen molar-refractivity contribution in [1.29, 1.82) is 0 Å². The van der Waals surface area contributed by atoms with Crippen LogP contribution >= 0.6 is 22.9 Å². The van der Waals surface area contributed by atoms with E-state index in [4.69, 9.17) is 11.6 Å². The number of halogens is 1. The fraction of sp³-hybridized carbons (Fsp3) is 0.100. The standard InChI is InChI=1S/C10H7ClN2O3S/c11-8-2-1-7(17-8)6(14)5-13-4-3-9(15)12-10(13)16/h1-4H,5H2,(H,12,15,16). The van der Waals surface area contributed by atoms with Crippen molar-refractivity contribution in [3.63, 3.8) is 0 Å². The molecule has 0 amide bonds. The molecule has 2 aromatic rings. The van der Waals surface area contributed by atoms with Crippen molar-refractivity contribution in [2.45, 2.75) is 6.54 Å². The van der Waals surface area contributed by atoms with Crippen molar-refractivity contribution >= 4 is 28.7 Å². The molecule has 0 saturated heterocycles. The fourth-order valence-electron chi connectivity index (χ4n) is 1.27. The number of hydrogen-bond donors (Lipinski definition) is 1. The molecule has 0 atom stereocenters. The molecule has 7 heteroatoms. The highest BCUT2D eigenvalue weighted by molar-refractivity contribution is 7.18. The molecule has 0 unspecified atom stereocenters. The van der Waals surface area contributed by atoms with Crippen LogP contribution in [0.3, 0.4) is 0 Å². The van der Waals surface area contributed by atoms with E-state index in [2.05, 4.69) is 4.98 Å². The van der Waals surface area contributed by atoms with Gasteiger partial charge in [0.05, 0.1) is 15.8 Å². The van der Waals surface area contributed by atoms with Gasteiger partial charge in [-0.1, -0.05) is 11.6 Å². The summed E-state index contributed by atoms with van der Waals surface area (Å²) in [4.78, 5) is 36.5. The number of aromatic nitrogens is 2. The van der Waals surface area contributed by atoms with Gasteiger partial charge in [0.25, 0.3) is 5.56 Å². The lowest BCUT2D eigenvalue weighted by atomic mass is 10.3. The lowest BCUT2D eigenvalue weighted by molar-refractivity contribution is 0.0974. The Bertz CT molecular complexity index is 670. The van der Waals surface area contributed by atoms with Crippen LogP contribution in [0.4, 0.5) is 0 Å². The van der Waals surface area contributed by atoms with Gasteiger partial charge in [0.15, 0.2) is 5.78 Å². The molecule has 2 rings (SSSR count). The van der Waals surface area contributed by atoms with E-state index in [0.717, 1.165) is 15.9 Å². The van der Waals surface area contributed by atoms with Crippen molar-refractivity contribution in [1.82, 2.24) is 9.55 Å². The van der Waals surface area contributed by atoms with E-state index in [1.54, 1.807) is 12.1 Å². The fourth-order valence-corrected chi connectivity index (χ4v) is 2.24. The number of ketones is 1. The van der Waals surface area contributed by atoms with E-state index in [-0.39, 0.29) is 12.3 Å². The lowest BCUT2D eigenvalue weighted by Crippen LogP contribution is -2.30. The number of nitrogens with one attached hydrogen (secondary N) is 1. The van der Waals surface area contributed by atoms with Crippen LogP contribution in [0.1, 0.15) is 9.67 Å². The molecular formula is C10H7ClN2O3S. The molecule has 0 fully saturated rings. The number of aromatic amines is 1. The van der Waals surface area contributed by atoms with Crippen molar-refractivity contribution < 1.29 is 4.79 Å². The Morgan fingerprint density at radius 3 is 2.71 bits per heavy atom. The van der Waals surface area contributed by atoms with Crippen LogP contribution in [0.5, 0.6) is 0 Å². The summed E-state index contributed by atoms with van der Waals surface area (Å²) in [6.07, 6.45) is 1.29. The second-order valence-corrected chi connectivity index (χ2v) is 4.98. The van der Waals surface area contributed by atoms with Gasteiger partial charge in [-0.3, -0.25) is 19.1 Å². The lowest BCUT2D eigenvalue weighted by Gasteiger charge is -2.01. The van der Waals surface area contributed by atoms with Crippen molar-refractivity contribution in [3.05, 3.63) is 54.4 Å². The molecule has 2 aromatic heterocycles.